The number of carbonyl (C=O) groups is 1. The monoisotopic (exact) mass is 571 g/mol. The summed E-state index contributed by atoms with van der Waals surface area (Å²) in [6.45, 7) is 4.06. The third-order valence-corrected chi connectivity index (χ3v) is 8.57. The largest absolute Gasteiger partial charge is 0.384 e. The van der Waals surface area contributed by atoms with Crippen LogP contribution in [0, 0.1) is 0 Å². The maximum absolute atomic E-state index is 12.6. The Labute approximate surface area is 245 Å². The fourth-order valence-electron chi connectivity index (χ4n) is 6.51. The highest BCUT2D eigenvalue weighted by Crippen LogP contribution is 2.37. The van der Waals surface area contributed by atoms with E-state index in [1.54, 1.807) is 0 Å². The fourth-order valence-corrected chi connectivity index (χ4v) is 6.51. The summed E-state index contributed by atoms with van der Waals surface area (Å²) in [7, 11) is 0. The van der Waals surface area contributed by atoms with Crippen LogP contribution in [0.4, 0.5) is 33.8 Å². The van der Waals surface area contributed by atoms with Gasteiger partial charge in [-0.2, -0.15) is 15.0 Å². The first kappa shape index (κ1) is 26.9. The summed E-state index contributed by atoms with van der Waals surface area (Å²) >= 11 is 0. The summed E-state index contributed by atoms with van der Waals surface area (Å²) < 4.78 is 11.7. The maximum Gasteiger partial charge on any atom is 0.323 e. The first-order valence-corrected chi connectivity index (χ1v) is 14.9. The lowest BCUT2D eigenvalue weighted by molar-refractivity contribution is 0.0885. The predicted molar refractivity (Wildman–Crippen MR) is 162 cm³/mol. The molecule has 4 aliphatic heterocycles. The number of fused-ring (bicyclic) bond motifs is 4. The average molecular weight is 572 g/mol. The molecule has 0 spiro atoms. The molecule has 2 amide bonds. The van der Waals surface area contributed by atoms with E-state index in [1.807, 2.05) is 48.5 Å². The van der Waals surface area contributed by atoms with E-state index in [0.717, 1.165) is 48.8 Å². The Kier molecular flexibility index (Phi) is 7.49. The molecule has 12 nitrogen and oxygen atoms in total. The lowest BCUT2D eigenvalue weighted by Crippen LogP contribution is -2.48. The van der Waals surface area contributed by atoms with Crippen LogP contribution in [0.15, 0.2) is 48.5 Å². The average Bonchev–Trinajstić information content (AvgIpc) is 3.42. The second-order valence-electron chi connectivity index (χ2n) is 11.4. The molecule has 3 aromatic rings. The van der Waals surface area contributed by atoms with E-state index >= 15 is 0 Å². The molecule has 12 heteroatoms. The highest BCUT2D eigenvalue weighted by Gasteiger charge is 2.42. The molecule has 4 aliphatic rings. The SMILES string of the molecule is NCCNc1ccc(NC(=O)Nc2ccc(-c3nc(N4C5CCC4COC5)nc(N4C5CCC4COC5)n3)cc2)cc1. The minimum atomic E-state index is -0.319. The fraction of sp³-hybridized carbons (Fsp3) is 0.467. The molecule has 4 bridgehead atoms. The summed E-state index contributed by atoms with van der Waals surface area (Å²) in [4.78, 5) is 32.4. The lowest BCUT2D eigenvalue weighted by Gasteiger charge is -2.37. The van der Waals surface area contributed by atoms with Crippen LogP contribution < -0.4 is 31.5 Å². The Morgan fingerprint density at radius 1 is 0.714 bits per heavy atom. The number of morpholine rings is 2. The number of amides is 2. The van der Waals surface area contributed by atoms with Crippen molar-refractivity contribution >= 4 is 35.0 Å². The van der Waals surface area contributed by atoms with Gasteiger partial charge in [-0.1, -0.05) is 0 Å². The van der Waals surface area contributed by atoms with Crippen LogP contribution >= 0.6 is 0 Å². The summed E-state index contributed by atoms with van der Waals surface area (Å²) in [5.41, 5.74) is 8.73. The number of ether oxygens (including phenoxy) is 2. The number of anilines is 5. The van der Waals surface area contributed by atoms with Gasteiger partial charge in [-0.25, -0.2) is 4.79 Å². The topological polar surface area (TPSA) is 143 Å². The summed E-state index contributed by atoms with van der Waals surface area (Å²) in [5.74, 6) is 2.08. The smallest absolute Gasteiger partial charge is 0.323 e. The van der Waals surface area contributed by atoms with Crippen molar-refractivity contribution in [2.24, 2.45) is 5.73 Å². The van der Waals surface area contributed by atoms with Crippen LogP contribution in [0.1, 0.15) is 25.7 Å². The van der Waals surface area contributed by atoms with Gasteiger partial charge in [0.15, 0.2) is 5.82 Å². The highest BCUT2D eigenvalue weighted by atomic mass is 16.5. The molecule has 4 unspecified atom stereocenters. The molecule has 42 heavy (non-hydrogen) atoms. The van der Waals surface area contributed by atoms with Crippen LogP contribution in [0.25, 0.3) is 11.4 Å². The zero-order chi connectivity index (χ0) is 28.5. The van der Waals surface area contributed by atoms with Gasteiger partial charge in [-0.15, -0.1) is 0 Å². The van der Waals surface area contributed by atoms with Crippen molar-refractivity contribution in [3.8, 4) is 11.4 Å². The van der Waals surface area contributed by atoms with Crippen LogP contribution in [0.2, 0.25) is 0 Å². The van der Waals surface area contributed by atoms with Gasteiger partial charge in [0.05, 0.1) is 50.6 Å². The van der Waals surface area contributed by atoms with Crippen molar-refractivity contribution in [1.29, 1.82) is 0 Å². The minimum absolute atomic E-state index is 0.289. The highest BCUT2D eigenvalue weighted by molar-refractivity contribution is 5.99. The van der Waals surface area contributed by atoms with Crippen molar-refractivity contribution in [3.63, 3.8) is 0 Å². The normalized spacial score (nSPS) is 24.5. The predicted octanol–water partition coefficient (Wildman–Crippen LogP) is 3.29. The first-order valence-electron chi connectivity index (χ1n) is 14.9. The number of rotatable bonds is 8. The quantitative estimate of drug-likeness (QED) is 0.318. The van der Waals surface area contributed by atoms with Gasteiger partial charge < -0.3 is 41.0 Å². The Morgan fingerprint density at radius 2 is 1.17 bits per heavy atom. The summed E-state index contributed by atoms with van der Waals surface area (Å²) in [6.07, 6.45) is 4.34. The van der Waals surface area contributed by atoms with Gasteiger partial charge in [-0.05, 0) is 74.2 Å². The standard InChI is InChI=1S/C30H37N9O3/c31-13-14-32-20-5-7-22(8-6-20)34-30(40)33-21-3-1-19(2-4-21)27-35-28(38-23-9-10-24(38)16-41-15-23)37-29(36-27)39-25-11-12-26(39)18-42-17-25/h1-8,23-26,32H,9-18,31H2,(H2,33,34,40). The number of hydrogen-bond acceptors (Lipinski definition) is 10. The van der Waals surface area contributed by atoms with E-state index in [4.69, 9.17) is 30.2 Å². The van der Waals surface area contributed by atoms with Gasteiger partial charge in [0.2, 0.25) is 11.9 Å². The van der Waals surface area contributed by atoms with Crippen molar-refractivity contribution in [2.75, 3.05) is 65.3 Å². The Hall–Kier alpha value is -4.00. The third kappa shape index (κ3) is 5.44. The van der Waals surface area contributed by atoms with Gasteiger partial charge in [-0.3, -0.25) is 0 Å². The Bertz CT molecular complexity index is 1320. The van der Waals surface area contributed by atoms with E-state index in [-0.39, 0.29) is 30.2 Å². The molecule has 220 valence electrons. The number of nitrogens with one attached hydrogen (secondary N) is 3. The lowest BCUT2D eigenvalue weighted by atomic mass is 10.2. The minimum Gasteiger partial charge on any atom is -0.384 e. The molecule has 2 aromatic carbocycles. The van der Waals surface area contributed by atoms with E-state index in [9.17, 15) is 4.79 Å². The molecule has 7 rings (SSSR count). The summed E-state index contributed by atoms with van der Waals surface area (Å²) in [6, 6.07) is 16.0. The van der Waals surface area contributed by atoms with Gasteiger partial charge in [0, 0.05) is 35.7 Å². The zero-order valence-corrected chi connectivity index (χ0v) is 23.5. The molecular weight excluding hydrogens is 534 g/mol. The third-order valence-electron chi connectivity index (χ3n) is 8.57. The Balaban J connectivity index is 1.10. The van der Waals surface area contributed by atoms with E-state index in [1.165, 1.54) is 0 Å². The number of nitrogens with zero attached hydrogens (tertiary/aromatic N) is 5. The van der Waals surface area contributed by atoms with E-state index < -0.39 is 0 Å². The molecule has 4 fully saturated rings. The molecule has 1 aromatic heterocycles. The molecule has 4 atom stereocenters. The van der Waals surface area contributed by atoms with Gasteiger partial charge in [0.25, 0.3) is 0 Å². The number of benzene rings is 2. The molecule has 0 saturated carbocycles. The second kappa shape index (κ2) is 11.7. The molecule has 0 radical (unpaired) electrons. The number of hydrogen-bond donors (Lipinski definition) is 4. The van der Waals surface area contributed by atoms with Crippen molar-refractivity contribution in [1.82, 2.24) is 15.0 Å². The van der Waals surface area contributed by atoms with E-state index in [0.29, 0.717) is 56.7 Å². The van der Waals surface area contributed by atoms with Crippen LogP contribution in [-0.2, 0) is 9.47 Å². The number of urea groups is 1. The molecule has 4 saturated heterocycles. The molecule has 5 N–H and O–H groups in total. The van der Waals surface area contributed by atoms with Gasteiger partial charge in [0.1, 0.15) is 0 Å². The molecular formula is C30H37N9O3. The first-order chi connectivity index (χ1) is 20.6. The molecule has 5 heterocycles. The van der Waals surface area contributed by atoms with Crippen LogP contribution in [0.3, 0.4) is 0 Å². The second-order valence-corrected chi connectivity index (χ2v) is 11.4. The molecule has 0 aliphatic carbocycles. The zero-order valence-electron chi connectivity index (χ0n) is 23.5. The summed E-state index contributed by atoms with van der Waals surface area (Å²) in [5, 5.41) is 8.98. The number of aromatic nitrogens is 3. The van der Waals surface area contributed by atoms with Crippen molar-refractivity contribution < 1.29 is 14.3 Å². The number of nitrogens with two attached hydrogens (primary N) is 1. The maximum atomic E-state index is 12.6. The van der Waals surface area contributed by atoms with E-state index in [2.05, 4.69) is 25.8 Å². The van der Waals surface area contributed by atoms with Crippen molar-refractivity contribution in [2.45, 2.75) is 49.9 Å². The van der Waals surface area contributed by atoms with Gasteiger partial charge >= 0.3 is 6.03 Å². The van der Waals surface area contributed by atoms with Crippen molar-refractivity contribution in [3.05, 3.63) is 48.5 Å². The number of carbonyl (C=O) groups excluding carboxylic acids is 1. The van der Waals surface area contributed by atoms with Crippen LogP contribution in [-0.4, -0.2) is 84.7 Å². The van der Waals surface area contributed by atoms with Crippen LogP contribution in [0.5, 0.6) is 0 Å². The Morgan fingerprint density at radius 3 is 1.64 bits per heavy atom.